The molecule has 0 radical (unpaired) electrons. The van der Waals surface area contributed by atoms with Gasteiger partial charge in [-0.25, -0.2) is 4.39 Å². The summed E-state index contributed by atoms with van der Waals surface area (Å²) in [6.45, 7) is 0. The number of anilines is 2. The lowest BCUT2D eigenvalue weighted by molar-refractivity contribution is 0.628. The highest BCUT2D eigenvalue weighted by Crippen LogP contribution is 2.27. The van der Waals surface area contributed by atoms with E-state index in [0.717, 1.165) is 22.4 Å². The van der Waals surface area contributed by atoms with E-state index in [1.54, 1.807) is 30.5 Å². The number of hydrogen-bond acceptors (Lipinski definition) is 3. The number of nitrogen functional groups attached to an aromatic ring is 2. The molecule has 0 saturated heterocycles. The molecule has 0 aliphatic carbocycles. The molecule has 3 aromatic rings. The normalized spacial score (nSPS) is 10.5. The van der Waals surface area contributed by atoms with E-state index in [2.05, 4.69) is 4.98 Å². The Balaban J connectivity index is 2.03. The molecule has 4 N–H and O–H groups in total. The fourth-order valence-electron chi connectivity index (χ4n) is 2.14. The molecular formula is C17H14FN3. The van der Waals surface area contributed by atoms with E-state index in [9.17, 15) is 4.39 Å². The molecule has 0 aliphatic heterocycles. The molecule has 0 spiro atoms. The van der Waals surface area contributed by atoms with Crippen molar-refractivity contribution in [1.82, 2.24) is 4.98 Å². The third-order valence-corrected chi connectivity index (χ3v) is 3.32. The Bertz CT molecular complexity index is 782. The van der Waals surface area contributed by atoms with Gasteiger partial charge in [-0.05, 0) is 47.5 Å². The van der Waals surface area contributed by atoms with Crippen molar-refractivity contribution < 1.29 is 4.39 Å². The van der Waals surface area contributed by atoms with Gasteiger partial charge in [-0.15, -0.1) is 0 Å². The number of nitrogens with two attached hydrogens (primary N) is 2. The van der Waals surface area contributed by atoms with E-state index < -0.39 is 0 Å². The summed E-state index contributed by atoms with van der Waals surface area (Å²) < 4.78 is 13.0. The Labute approximate surface area is 122 Å². The van der Waals surface area contributed by atoms with Crippen molar-refractivity contribution >= 4 is 11.4 Å². The van der Waals surface area contributed by atoms with Crippen LogP contribution >= 0.6 is 0 Å². The van der Waals surface area contributed by atoms with Crippen molar-refractivity contribution in [3.8, 4) is 22.4 Å². The Morgan fingerprint density at radius 3 is 2.14 bits per heavy atom. The number of hydrogen-bond donors (Lipinski definition) is 2. The molecule has 1 aromatic heterocycles. The summed E-state index contributed by atoms with van der Waals surface area (Å²) in [6, 6.07) is 15.6. The van der Waals surface area contributed by atoms with Crippen LogP contribution in [0.1, 0.15) is 0 Å². The number of aromatic nitrogens is 1. The van der Waals surface area contributed by atoms with Crippen LogP contribution in [0.3, 0.4) is 0 Å². The first-order chi connectivity index (χ1) is 10.1. The fourth-order valence-corrected chi connectivity index (χ4v) is 2.14. The largest absolute Gasteiger partial charge is 0.397 e. The molecule has 104 valence electrons. The lowest BCUT2D eigenvalue weighted by atomic mass is 10.0. The summed E-state index contributed by atoms with van der Waals surface area (Å²) in [7, 11) is 0. The Morgan fingerprint density at radius 1 is 0.714 bits per heavy atom. The minimum Gasteiger partial charge on any atom is -0.397 e. The second kappa shape index (κ2) is 5.25. The molecule has 2 aromatic carbocycles. The van der Waals surface area contributed by atoms with Gasteiger partial charge < -0.3 is 11.5 Å². The van der Waals surface area contributed by atoms with Gasteiger partial charge in [-0.1, -0.05) is 18.2 Å². The topological polar surface area (TPSA) is 64.9 Å². The zero-order valence-corrected chi connectivity index (χ0v) is 11.3. The summed E-state index contributed by atoms with van der Waals surface area (Å²) in [5, 5.41) is 0. The van der Waals surface area contributed by atoms with Gasteiger partial charge in [-0.2, -0.15) is 0 Å². The standard InChI is InChI=1S/C17H14FN3/c18-14-4-1-11(2-5-14)12-7-8-21-17(10-12)13-3-6-15(19)16(20)9-13/h1-10H,19-20H2. The number of pyridine rings is 1. The van der Waals surface area contributed by atoms with Crippen molar-refractivity contribution in [3.63, 3.8) is 0 Å². The predicted octanol–water partition coefficient (Wildman–Crippen LogP) is 3.72. The molecule has 0 aliphatic rings. The van der Waals surface area contributed by atoms with Crippen LogP contribution in [0, 0.1) is 5.82 Å². The van der Waals surface area contributed by atoms with Gasteiger partial charge in [0.25, 0.3) is 0 Å². The Hall–Kier alpha value is -2.88. The zero-order valence-electron chi connectivity index (χ0n) is 11.3. The first-order valence-corrected chi connectivity index (χ1v) is 6.51. The second-order valence-electron chi connectivity index (χ2n) is 4.78. The van der Waals surface area contributed by atoms with E-state index in [1.807, 2.05) is 18.2 Å². The highest BCUT2D eigenvalue weighted by molar-refractivity contribution is 5.75. The maximum Gasteiger partial charge on any atom is 0.123 e. The maximum atomic E-state index is 13.0. The first-order valence-electron chi connectivity index (χ1n) is 6.51. The van der Waals surface area contributed by atoms with Gasteiger partial charge in [0.05, 0.1) is 17.1 Å². The van der Waals surface area contributed by atoms with Crippen molar-refractivity contribution in [2.75, 3.05) is 11.5 Å². The molecule has 0 fully saturated rings. The van der Waals surface area contributed by atoms with Crippen molar-refractivity contribution in [1.29, 1.82) is 0 Å². The summed E-state index contributed by atoms with van der Waals surface area (Å²) >= 11 is 0. The van der Waals surface area contributed by atoms with Gasteiger partial charge >= 0.3 is 0 Å². The van der Waals surface area contributed by atoms with E-state index in [1.165, 1.54) is 12.1 Å². The van der Waals surface area contributed by atoms with E-state index in [-0.39, 0.29) is 5.82 Å². The van der Waals surface area contributed by atoms with Gasteiger partial charge in [-0.3, -0.25) is 4.98 Å². The van der Waals surface area contributed by atoms with Gasteiger partial charge in [0, 0.05) is 11.8 Å². The molecule has 0 amide bonds. The molecule has 0 unspecified atom stereocenters. The molecule has 4 heteroatoms. The third kappa shape index (κ3) is 2.69. The minimum absolute atomic E-state index is 0.251. The summed E-state index contributed by atoms with van der Waals surface area (Å²) in [5.74, 6) is -0.251. The molecule has 21 heavy (non-hydrogen) atoms. The molecule has 3 nitrogen and oxygen atoms in total. The highest BCUT2D eigenvalue weighted by atomic mass is 19.1. The molecule has 0 bridgehead atoms. The maximum absolute atomic E-state index is 13.0. The molecule has 3 rings (SSSR count). The lowest BCUT2D eigenvalue weighted by Crippen LogP contribution is -1.95. The molecule has 0 atom stereocenters. The fraction of sp³-hybridized carbons (Fsp3) is 0. The van der Waals surface area contributed by atoms with E-state index in [4.69, 9.17) is 11.5 Å². The molecule has 0 saturated carbocycles. The van der Waals surface area contributed by atoms with Crippen LogP contribution in [0.15, 0.2) is 60.8 Å². The van der Waals surface area contributed by atoms with Crippen LogP contribution in [-0.2, 0) is 0 Å². The van der Waals surface area contributed by atoms with Crippen molar-refractivity contribution in [2.24, 2.45) is 0 Å². The predicted molar refractivity (Wildman–Crippen MR) is 83.9 cm³/mol. The first kappa shape index (κ1) is 13.1. The smallest absolute Gasteiger partial charge is 0.123 e. The van der Waals surface area contributed by atoms with Crippen molar-refractivity contribution in [2.45, 2.75) is 0 Å². The number of halogens is 1. The minimum atomic E-state index is -0.251. The van der Waals surface area contributed by atoms with Crippen LogP contribution in [0.25, 0.3) is 22.4 Å². The quantitative estimate of drug-likeness (QED) is 0.703. The Morgan fingerprint density at radius 2 is 1.43 bits per heavy atom. The average molecular weight is 279 g/mol. The molecular weight excluding hydrogens is 265 g/mol. The zero-order chi connectivity index (χ0) is 14.8. The number of rotatable bonds is 2. The van der Waals surface area contributed by atoms with Crippen LogP contribution in [0.5, 0.6) is 0 Å². The van der Waals surface area contributed by atoms with Crippen LogP contribution < -0.4 is 11.5 Å². The van der Waals surface area contributed by atoms with Gasteiger partial charge in [0.2, 0.25) is 0 Å². The highest BCUT2D eigenvalue weighted by Gasteiger charge is 2.05. The lowest BCUT2D eigenvalue weighted by Gasteiger charge is -2.07. The van der Waals surface area contributed by atoms with Crippen LogP contribution in [0.4, 0.5) is 15.8 Å². The van der Waals surface area contributed by atoms with Crippen molar-refractivity contribution in [3.05, 3.63) is 66.6 Å². The molecule has 1 heterocycles. The van der Waals surface area contributed by atoms with E-state index in [0.29, 0.717) is 11.4 Å². The summed E-state index contributed by atoms with van der Waals surface area (Å²) in [4.78, 5) is 4.35. The average Bonchev–Trinajstić information content (AvgIpc) is 2.51. The summed E-state index contributed by atoms with van der Waals surface area (Å²) in [6.07, 6.45) is 1.72. The third-order valence-electron chi connectivity index (χ3n) is 3.32. The second-order valence-corrected chi connectivity index (χ2v) is 4.78. The van der Waals surface area contributed by atoms with E-state index >= 15 is 0 Å². The van der Waals surface area contributed by atoms with Crippen LogP contribution in [0.2, 0.25) is 0 Å². The SMILES string of the molecule is Nc1ccc(-c2cc(-c3ccc(F)cc3)ccn2)cc1N. The van der Waals surface area contributed by atoms with Gasteiger partial charge in [0.15, 0.2) is 0 Å². The number of nitrogens with zero attached hydrogens (tertiary/aromatic N) is 1. The van der Waals surface area contributed by atoms with Crippen LogP contribution in [-0.4, -0.2) is 4.98 Å². The van der Waals surface area contributed by atoms with Gasteiger partial charge in [0.1, 0.15) is 5.82 Å². The summed E-state index contributed by atoms with van der Waals surface area (Å²) in [5.41, 5.74) is 16.2. The number of benzene rings is 2. The monoisotopic (exact) mass is 279 g/mol. The Kier molecular flexibility index (Phi) is 3.28.